The van der Waals surface area contributed by atoms with E-state index in [1.54, 1.807) is 0 Å². The molecule has 2 saturated heterocycles. The Kier molecular flexibility index (Phi) is 11.0. The van der Waals surface area contributed by atoms with Crippen molar-refractivity contribution in [1.29, 1.82) is 0 Å². The van der Waals surface area contributed by atoms with E-state index in [0.29, 0.717) is 0 Å². The molecule has 11 atom stereocenters. The first-order valence-electron chi connectivity index (χ1n) is 10.9. The zero-order valence-corrected chi connectivity index (χ0v) is 23.4. The Balaban J connectivity index is 1.22. The Hall–Kier alpha value is -0.730. The van der Waals surface area contributed by atoms with Crippen LogP contribution in [-0.2, 0) is 36.0 Å². The zero-order chi connectivity index (χ0) is 29.2. The number of aliphatic hydroxyl groups excluding tert-OH is 4. The standard InChI is InChI=1S/C15H25N5O16P4/c16-13-9-14(18-4-17-13)20(5-19-9)15-12(24)11(23)8(33-15)3-32-40(28,29)36-39(27)35-38(26)34-37(25)31-2-7-10(22)6(21)1-30-7/h4-8,10-12,15,21-27H,1-3H2,(H,28,29)(H2,16,17,18)/t6-,7+,8+,10-,11+,12+,15+,37?,38?,39?/m0/s1. The normalized spacial score (nSPS) is 32.8. The van der Waals surface area contributed by atoms with Crippen molar-refractivity contribution in [1.82, 2.24) is 19.5 Å². The van der Waals surface area contributed by atoms with Crippen molar-refractivity contribution in [2.75, 3.05) is 25.6 Å². The van der Waals surface area contributed by atoms with E-state index in [-0.39, 0.29) is 23.6 Å². The Morgan fingerprint density at radius 2 is 1.73 bits per heavy atom. The van der Waals surface area contributed by atoms with Gasteiger partial charge in [0.15, 0.2) is 17.7 Å². The molecular weight excluding hydrogens is 630 g/mol. The van der Waals surface area contributed by atoms with E-state index < -0.39 is 89.7 Å². The average molecular weight is 655 g/mol. The third-order valence-electron chi connectivity index (χ3n) is 5.46. The van der Waals surface area contributed by atoms with E-state index in [4.69, 9.17) is 24.3 Å². The van der Waals surface area contributed by atoms with Crippen LogP contribution in [0.25, 0.3) is 11.2 Å². The fourth-order valence-electron chi connectivity index (χ4n) is 3.56. The topological polar surface area (TPSA) is 313 Å². The van der Waals surface area contributed by atoms with E-state index in [2.05, 4.69) is 27.9 Å². The second-order valence-corrected chi connectivity index (χ2v) is 12.9. The number of aliphatic hydroxyl groups is 4. The Morgan fingerprint density at radius 3 is 2.42 bits per heavy atom. The maximum atomic E-state index is 12.2. The number of phosphoric ester groups is 1. The predicted molar refractivity (Wildman–Crippen MR) is 130 cm³/mol. The third kappa shape index (κ3) is 7.80. The van der Waals surface area contributed by atoms with E-state index in [1.807, 2.05) is 0 Å². The summed E-state index contributed by atoms with van der Waals surface area (Å²) in [5, 5.41) is 39.8. The summed E-state index contributed by atoms with van der Waals surface area (Å²) < 4.78 is 47.0. The van der Waals surface area contributed by atoms with E-state index in [1.165, 1.54) is 10.9 Å². The highest BCUT2D eigenvalue weighted by atomic mass is 31.3. The molecule has 21 nitrogen and oxygen atoms in total. The highest BCUT2D eigenvalue weighted by molar-refractivity contribution is 7.64. The van der Waals surface area contributed by atoms with Gasteiger partial charge in [0.2, 0.25) is 0 Å². The molecule has 0 radical (unpaired) electrons. The van der Waals surface area contributed by atoms with Gasteiger partial charge in [-0.3, -0.25) is 9.09 Å². The first-order valence-corrected chi connectivity index (χ1v) is 15.8. The molecule has 0 saturated carbocycles. The lowest BCUT2D eigenvalue weighted by Crippen LogP contribution is -2.33. The molecule has 4 heterocycles. The molecule has 2 aromatic heterocycles. The van der Waals surface area contributed by atoms with Crippen LogP contribution in [0.15, 0.2) is 12.7 Å². The van der Waals surface area contributed by atoms with E-state index in [0.717, 1.165) is 6.33 Å². The van der Waals surface area contributed by atoms with Crippen molar-refractivity contribution in [3.05, 3.63) is 12.7 Å². The van der Waals surface area contributed by atoms with E-state index >= 15 is 0 Å². The molecule has 0 aromatic carbocycles. The van der Waals surface area contributed by atoms with Crippen molar-refractivity contribution >= 4 is 50.6 Å². The van der Waals surface area contributed by atoms with Crippen LogP contribution in [0.5, 0.6) is 0 Å². The predicted octanol–water partition coefficient (Wildman–Crippen LogP) is -2.01. The van der Waals surface area contributed by atoms with Crippen molar-refractivity contribution in [2.24, 2.45) is 0 Å². The quantitative estimate of drug-likeness (QED) is 0.105. The first-order chi connectivity index (χ1) is 18.9. The lowest BCUT2D eigenvalue weighted by molar-refractivity contribution is -0.0501. The molecule has 0 bridgehead atoms. The second-order valence-electron chi connectivity index (χ2n) is 8.08. The van der Waals surface area contributed by atoms with Crippen LogP contribution in [0, 0.1) is 0 Å². The molecule has 4 rings (SSSR count). The van der Waals surface area contributed by atoms with Crippen molar-refractivity contribution in [3.63, 3.8) is 0 Å². The van der Waals surface area contributed by atoms with Crippen LogP contribution < -0.4 is 5.73 Å². The number of hydrogen-bond donors (Lipinski definition) is 9. The molecule has 4 unspecified atom stereocenters. The average Bonchev–Trinajstić information content (AvgIpc) is 3.53. The van der Waals surface area contributed by atoms with Gasteiger partial charge < -0.3 is 59.7 Å². The van der Waals surface area contributed by atoms with Gasteiger partial charge in [0.25, 0.3) is 0 Å². The Bertz CT molecular complexity index is 1180. The molecule has 2 aromatic rings. The fraction of sp³-hybridized carbons (Fsp3) is 0.667. The molecule has 0 spiro atoms. The highest BCUT2D eigenvalue weighted by Crippen LogP contribution is 2.63. The van der Waals surface area contributed by atoms with Gasteiger partial charge in [-0.2, -0.15) is 0 Å². The monoisotopic (exact) mass is 655 g/mol. The summed E-state index contributed by atoms with van der Waals surface area (Å²) in [4.78, 5) is 50.8. The fourth-order valence-corrected chi connectivity index (χ4v) is 6.98. The Morgan fingerprint density at radius 1 is 1.00 bits per heavy atom. The number of nitrogen functional groups attached to an aromatic ring is 1. The maximum absolute atomic E-state index is 12.2. The van der Waals surface area contributed by atoms with Crippen LogP contribution in [0.3, 0.4) is 0 Å². The summed E-state index contributed by atoms with van der Waals surface area (Å²) in [6.07, 6.45) is -6.71. The molecule has 2 aliphatic heterocycles. The summed E-state index contributed by atoms with van der Waals surface area (Å²) in [5.74, 6) is 0.0667. The zero-order valence-electron chi connectivity index (χ0n) is 19.8. The summed E-state index contributed by atoms with van der Waals surface area (Å²) >= 11 is 0. The van der Waals surface area contributed by atoms with Crippen molar-refractivity contribution < 1.29 is 76.0 Å². The molecule has 10 N–H and O–H groups in total. The molecule has 0 amide bonds. The number of ether oxygens (including phenoxy) is 2. The summed E-state index contributed by atoms with van der Waals surface area (Å²) in [6, 6.07) is 0. The number of nitrogens with two attached hydrogens (primary N) is 1. The molecule has 2 aliphatic rings. The summed E-state index contributed by atoms with van der Waals surface area (Å²) in [5.41, 5.74) is 6.13. The molecule has 226 valence electrons. The smallest absolute Gasteiger partial charge is 0.388 e. The maximum Gasteiger partial charge on any atom is 0.479 e. The van der Waals surface area contributed by atoms with Crippen molar-refractivity contribution in [2.45, 2.75) is 42.9 Å². The number of phosphoric acid groups is 1. The summed E-state index contributed by atoms with van der Waals surface area (Å²) in [7, 11) is -14.3. The molecular formula is C15H25N5O16P4. The minimum absolute atomic E-state index is 0.0667. The highest BCUT2D eigenvalue weighted by Gasteiger charge is 2.46. The van der Waals surface area contributed by atoms with Crippen LogP contribution in [0.1, 0.15) is 6.23 Å². The largest absolute Gasteiger partial charge is 0.479 e. The molecule has 40 heavy (non-hydrogen) atoms. The van der Waals surface area contributed by atoms with Gasteiger partial charge in [0.05, 0.1) is 26.1 Å². The number of aromatic nitrogens is 4. The molecule has 25 heteroatoms. The molecule has 2 fully saturated rings. The van der Waals surface area contributed by atoms with Crippen LogP contribution >= 0.6 is 33.6 Å². The van der Waals surface area contributed by atoms with Gasteiger partial charge >= 0.3 is 33.6 Å². The van der Waals surface area contributed by atoms with Gasteiger partial charge in [-0.1, -0.05) is 0 Å². The lowest BCUT2D eigenvalue weighted by Gasteiger charge is -2.20. The third-order valence-corrected chi connectivity index (χ3v) is 9.92. The van der Waals surface area contributed by atoms with Crippen LogP contribution in [-0.4, -0.2) is 116 Å². The number of rotatable bonds is 13. The number of nitrogens with zero attached hydrogens (tertiary/aromatic N) is 4. The van der Waals surface area contributed by atoms with E-state index in [9.17, 15) is 44.6 Å². The van der Waals surface area contributed by atoms with Gasteiger partial charge in [-0.15, -0.1) is 0 Å². The second kappa shape index (κ2) is 13.7. The van der Waals surface area contributed by atoms with Gasteiger partial charge in [-0.25, -0.2) is 32.4 Å². The minimum Gasteiger partial charge on any atom is -0.388 e. The van der Waals surface area contributed by atoms with Gasteiger partial charge in [0, 0.05) is 0 Å². The van der Waals surface area contributed by atoms with Gasteiger partial charge in [-0.05, 0) is 0 Å². The number of fused-ring (bicyclic) bond motifs is 1. The number of imidazole rings is 1. The summed E-state index contributed by atoms with van der Waals surface area (Å²) in [6.45, 7) is -1.37. The first kappa shape index (κ1) is 32.2. The van der Waals surface area contributed by atoms with Crippen LogP contribution in [0.4, 0.5) is 5.82 Å². The SMILES string of the molecule is Nc1ncnc2c1ncn2[C@@H]1O[C@H](COP(=O)(O)OP(O)OP(O)OP(O)OC[C@H]2OC[C@H](O)[C@@H]2O)[C@@H](O)[C@H]1O. The van der Waals surface area contributed by atoms with Crippen LogP contribution in [0.2, 0.25) is 0 Å². The number of anilines is 1. The minimum atomic E-state index is -5.09. The Labute approximate surface area is 227 Å². The number of hydrogen-bond acceptors (Lipinski definition) is 19. The molecule has 0 aliphatic carbocycles. The lowest BCUT2D eigenvalue weighted by atomic mass is 10.1. The van der Waals surface area contributed by atoms with Crippen molar-refractivity contribution in [3.8, 4) is 0 Å². The van der Waals surface area contributed by atoms with Gasteiger partial charge in [0.1, 0.15) is 48.5 Å².